The summed E-state index contributed by atoms with van der Waals surface area (Å²) in [6, 6.07) is 5.36. The van der Waals surface area contributed by atoms with Gasteiger partial charge in [0.05, 0.1) is 0 Å². The van der Waals surface area contributed by atoms with E-state index in [-0.39, 0.29) is 24.6 Å². The van der Waals surface area contributed by atoms with Gasteiger partial charge in [-0.3, -0.25) is 9.59 Å². The zero-order valence-corrected chi connectivity index (χ0v) is 16.5. The summed E-state index contributed by atoms with van der Waals surface area (Å²) in [5.74, 6) is 2.23. The zero-order valence-electron chi connectivity index (χ0n) is 16.5. The number of fused-ring (bicyclic) bond motifs is 1. The fraction of sp³-hybridized carbons (Fsp3) is 0.636. The van der Waals surface area contributed by atoms with Crippen molar-refractivity contribution in [2.45, 2.75) is 63.8 Å². The Kier molecular flexibility index (Phi) is 6.03. The van der Waals surface area contributed by atoms with Gasteiger partial charge in [0.1, 0.15) is 0 Å². The fourth-order valence-electron chi connectivity index (χ4n) is 4.54. The van der Waals surface area contributed by atoms with Crippen molar-refractivity contribution in [1.82, 2.24) is 10.2 Å². The number of ether oxygens (including phenoxy) is 2. The van der Waals surface area contributed by atoms with Crippen LogP contribution in [-0.2, 0) is 4.79 Å². The predicted molar refractivity (Wildman–Crippen MR) is 105 cm³/mol. The van der Waals surface area contributed by atoms with E-state index in [2.05, 4.69) is 5.32 Å². The minimum atomic E-state index is -0.0969. The van der Waals surface area contributed by atoms with Crippen molar-refractivity contribution in [3.63, 3.8) is 0 Å². The van der Waals surface area contributed by atoms with Crippen LogP contribution in [-0.4, -0.2) is 42.6 Å². The molecule has 1 aromatic rings. The molecule has 2 fully saturated rings. The molecule has 2 amide bonds. The van der Waals surface area contributed by atoms with Gasteiger partial charge in [-0.05, 0) is 43.4 Å². The van der Waals surface area contributed by atoms with Gasteiger partial charge < -0.3 is 19.7 Å². The molecule has 28 heavy (non-hydrogen) atoms. The molecule has 0 unspecified atom stereocenters. The minimum Gasteiger partial charge on any atom is -0.454 e. The zero-order chi connectivity index (χ0) is 19.3. The molecule has 6 heteroatoms. The molecule has 1 N–H and O–H groups in total. The van der Waals surface area contributed by atoms with Gasteiger partial charge in [-0.15, -0.1) is 0 Å². The molecule has 1 aliphatic carbocycles. The van der Waals surface area contributed by atoms with Gasteiger partial charge in [-0.1, -0.05) is 32.1 Å². The minimum absolute atomic E-state index is 0.0969. The van der Waals surface area contributed by atoms with Gasteiger partial charge in [0.15, 0.2) is 11.5 Å². The molecule has 3 aliphatic rings. The maximum absolute atomic E-state index is 12.5. The first-order chi connectivity index (χ1) is 13.7. The smallest absolute Gasteiger partial charge is 0.251 e. The molecule has 6 nitrogen and oxygen atoms in total. The van der Waals surface area contributed by atoms with Crippen LogP contribution in [0.2, 0.25) is 0 Å². The van der Waals surface area contributed by atoms with Gasteiger partial charge in [0, 0.05) is 31.1 Å². The van der Waals surface area contributed by atoms with Crippen molar-refractivity contribution >= 4 is 11.8 Å². The van der Waals surface area contributed by atoms with E-state index in [0.29, 0.717) is 23.5 Å². The molecule has 1 aromatic carbocycles. The van der Waals surface area contributed by atoms with Gasteiger partial charge in [0.2, 0.25) is 12.7 Å². The van der Waals surface area contributed by atoms with Gasteiger partial charge in [-0.2, -0.15) is 0 Å². The Hall–Kier alpha value is -2.24. The van der Waals surface area contributed by atoms with E-state index < -0.39 is 0 Å². The number of nitrogens with zero attached hydrogens (tertiary/aromatic N) is 1. The molecule has 2 aliphatic heterocycles. The number of rotatable bonds is 5. The number of piperidine rings is 1. The third kappa shape index (κ3) is 4.59. The number of amides is 2. The molecule has 0 aromatic heterocycles. The Morgan fingerprint density at radius 3 is 2.54 bits per heavy atom. The Balaban J connectivity index is 1.20. The third-order valence-corrected chi connectivity index (χ3v) is 6.31. The first-order valence-corrected chi connectivity index (χ1v) is 10.7. The molecular weight excluding hydrogens is 356 g/mol. The van der Waals surface area contributed by atoms with E-state index in [1.807, 2.05) is 4.90 Å². The Morgan fingerprint density at radius 1 is 1.00 bits per heavy atom. The highest BCUT2D eigenvalue weighted by atomic mass is 16.7. The lowest BCUT2D eigenvalue weighted by Crippen LogP contribution is -2.46. The Labute approximate surface area is 166 Å². The highest BCUT2D eigenvalue weighted by molar-refractivity contribution is 5.95. The summed E-state index contributed by atoms with van der Waals surface area (Å²) in [6.45, 7) is 1.67. The van der Waals surface area contributed by atoms with Gasteiger partial charge in [0.25, 0.3) is 5.91 Å². The van der Waals surface area contributed by atoms with E-state index in [1.165, 1.54) is 32.1 Å². The summed E-state index contributed by atoms with van der Waals surface area (Å²) in [7, 11) is 0. The van der Waals surface area contributed by atoms with Crippen molar-refractivity contribution in [2.24, 2.45) is 5.92 Å². The lowest BCUT2D eigenvalue weighted by molar-refractivity contribution is -0.132. The highest BCUT2D eigenvalue weighted by Gasteiger charge is 2.25. The van der Waals surface area contributed by atoms with Crippen LogP contribution in [0.15, 0.2) is 18.2 Å². The van der Waals surface area contributed by atoms with Crippen LogP contribution in [0.5, 0.6) is 11.5 Å². The molecular formula is C22H30N2O4. The van der Waals surface area contributed by atoms with Crippen molar-refractivity contribution < 1.29 is 19.1 Å². The third-order valence-electron chi connectivity index (χ3n) is 6.31. The van der Waals surface area contributed by atoms with Crippen LogP contribution >= 0.6 is 0 Å². The molecule has 0 radical (unpaired) electrons. The number of nitrogens with one attached hydrogen (secondary N) is 1. The summed E-state index contributed by atoms with van der Waals surface area (Å²) in [6.07, 6.45) is 9.94. The average Bonchev–Trinajstić information content (AvgIpc) is 3.21. The summed E-state index contributed by atoms with van der Waals surface area (Å²) >= 11 is 0. The Bertz CT molecular complexity index is 706. The van der Waals surface area contributed by atoms with Crippen LogP contribution in [0.25, 0.3) is 0 Å². The molecule has 0 bridgehead atoms. The van der Waals surface area contributed by atoms with E-state index in [1.54, 1.807) is 18.2 Å². The van der Waals surface area contributed by atoms with Crippen LogP contribution in [0.4, 0.5) is 0 Å². The molecule has 1 saturated heterocycles. The Morgan fingerprint density at radius 2 is 1.75 bits per heavy atom. The second-order valence-electron chi connectivity index (χ2n) is 8.24. The normalized spacial score (nSPS) is 20.2. The van der Waals surface area contributed by atoms with Crippen LogP contribution in [0, 0.1) is 5.92 Å². The second kappa shape index (κ2) is 8.84. The monoisotopic (exact) mass is 386 g/mol. The summed E-state index contributed by atoms with van der Waals surface area (Å²) in [5.41, 5.74) is 0.579. The number of likely N-dealkylation sites (tertiary alicyclic amines) is 1. The van der Waals surface area contributed by atoms with Crippen molar-refractivity contribution in [2.75, 3.05) is 19.9 Å². The molecule has 0 atom stereocenters. The molecule has 0 spiro atoms. The number of hydrogen-bond donors (Lipinski definition) is 1. The lowest BCUT2D eigenvalue weighted by Gasteiger charge is -2.33. The lowest BCUT2D eigenvalue weighted by atomic mass is 9.86. The van der Waals surface area contributed by atoms with Crippen LogP contribution < -0.4 is 14.8 Å². The molecule has 1 saturated carbocycles. The highest BCUT2D eigenvalue weighted by Crippen LogP contribution is 2.32. The van der Waals surface area contributed by atoms with Crippen LogP contribution in [0.3, 0.4) is 0 Å². The first-order valence-electron chi connectivity index (χ1n) is 10.7. The topological polar surface area (TPSA) is 67.9 Å². The quantitative estimate of drug-likeness (QED) is 0.841. The second-order valence-corrected chi connectivity index (χ2v) is 8.24. The van der Waals surface area contributed by atoms with Gasteiger partial charge in [-0.25, -0.2) is 0 Å². The molecule has 152 valence electrons. The summed E-state index contributed by atoms with van der Waals surface area (Å²) in [5, 5.41) is 3.10. The van der Waals surface area contributed by atoms with Crippen molar-refractivity contribution in [3.8, 4) is 11.5 Å². The number of carbonyl (C=O) groups is 2. The number of hydrogen-bond acceptors (Lipinski definition) is 4. The standard InChI is InChI=1S/C22H30N2O4/c25-21(9-6-16-4-2-1-3-5-16)24-12-10-18(11-13-24)23-22(26)17-7-8-19-20(14-17)28-15-27-19/h7-8,14,16,18H,1-6,9-13,15H2,(H,23,26). The maximum Gasteiger partial charge on any atom is 0.251 e. The van der Waals surface area contributed by atoms with Crippen molar-refractivity contribution in [1.29, 1.82) is 0 Å². The molecule has 2 heterocycles. The van der Waals surface area contributed by atoms with E-state index >= 15 is 0 Å². The van der Waals surface area contributed by atoms with E-state index in [0.717, 1.165) is 38.3 Å². The average molecular weight is 386 g/mol. The summed E-state index contributed by atoms with van der Waals surface area (Å²) < 4.78 is 10.6. The largest absolute Gasteiger partial charge is 0.454 e. The number of carbonyl (C=O) groups excluding carboxylic acids is 2. The van der Waals surface area contributed by atoms with Crippen LogP contribution in [0.1, 0.15) is 68.1 Å². The SMILES string of the molecule is O=C(NC1CCN(C(=O)CCC2CCCCC2)CC1)c1ccc2c(c1)OCO2. The van der Waals surface area contributed by atoms with Gasteiger partial charge >= 0.3 is 0 Å². The fourth-order valence-corrected chi connectivity index (χ4v) is 4.54. The number of benzene rings is 1. The van der Waals surface area contributed by atoms with E-state index in [9.17, 15) is 9.59 Å². The summed E-state index contributed by atoms with van der Waals surface area (Å²) in [4.78, 5) is 27.0. The maximum atomic E-state index is 12.5. The van der Waals surface area contributed by atoms with E-state index in [4.69, 9.17) is 9.47 Å². The molecule has 4 rings (SSSR count). The van der Waals surface area contributed by atoms with Crippen molar-refractivity contribution in [3.05, 3.63) is 23.8 Å². The predicted octanol–water partition coefficient (Wildman–Crippen LogP) is 3.50. The first kappa shape index (κ1) is 19.1.